The van der Waals surface area contributed by atoms with Gasteiger partial charge in [-0.2, -0.15) is 0 Å². The zero-order valence-corrected chi connectivity index (χ0v) is 15.5. The molecule has 0 atom stereocenters. The Kier molecular flexibility index (Phi) is 4.99. The maximum atomic E-state index is 13.4. The summed E-state index contributed by atoms with van der Waals surface area (Å²) in [6, 6.07) is 3.12. The molecule has 2 N–H and O–H groups in total. The van der Waals surface area contributed by atoms with E-state index in [1.165, 1.54) is 6.07 Å². The fourth-order valence-corrected chi connectivity index (χ4v) is 3.06. The Morgan fingerprint density at radius 1 is 1.11 bits per heavy atom. The molecule has 2 aromatic rings. The van der Waals surface area contributed by atoms with E-state index in [0.717, 1.165) is 25.0 Å². The van der Waals surface area contributed by atoms with Gasteiger partial charge in [-0.15, -0.1) is 0 Å². The summed E-state index contributed by atoms with van der Waals surface area (Å²) >= 11 is 0. The van der Waals surface area contributed by atoms with E-state index in [1.54, 1.807) is 4.57 Å². The van der Waals surface area contributed by atoms with Crippen LogP contribution >= 0.6 is 0 Å². The Labute approximate surface area is 156 Å². The van der Waals surface area contributed by atoms with Crippen LogP contribution in [0.1, 0.15) is 60.4 Å². The molecule has 0 fully saturated rings. The lowest BCUT2D eigenvalue weighted by molar-refractivity contribution is 0.0903. The van der Waals surface area contributed by atoms with Crippen LogP contribution in [-0.2, 0) is 13.0 Å². The average molecular weight is 376 g/mol. The van der Waals surface area contributed by atoms with E-state index in [9.17, 15) is 18.4 Å². The smallest absolute Gasteiger partial charge is 0.287 e. The number of nitrogens with zero attached hydrogens (tertiary/aromatic N) is 2. The molecule has 0 unspecified atom stereocenters. The van der Waals surface area contributed by atoms with Crippen molar-refractivity contribution in [3.8, 4) is 0 Å². The standard InChI is InChI=1S/C19H22F2N4O2/c1-19(2,3)24-18(27)16-23-15(14-6-4-5-9-25(14)16)17(26)22-11-7-8-12(20)13(21)10-11/h7-8,10H,4-6,9H2,1-3H3,(H,22,26)(H,24,27). The van der Waals surface area contributed by atoms with Gasteiger partial charge in [0.15, 0.2) is 23.2 Å². The van der Waals surface area contributed by atoms with E-state index in [2.05, 4.69) is 15.6 Å². The maximum absolute atomic E-state index is 13.4. The van der Waals surface area contributed by atoms with Gasteiger partial charge in [-0.25, -0.2) is 13.8 Å². The molecule has 1 aliphatic heterocycles. The Morgan fingerprint density at radius 3 is 2.52 bits per heavy atom. The molecule has 0 saturated carbocycles. The number of fused-ring (bicyclic) bond motifs is 1. The van der Waals surface area contributed by atoms with Crippen molar-refractivity contribution >= 4 is 17.5 Å². The molecular formula is C19H22F2N4O2. The second-order valence-electron chi connectivity index (χ2n) is 7.63. The maximum Gasteiger partial charge on any atom is 0.287 e. The number of hydrogen-bond acceptors (Lipinski definition) is 3. The van der Waals surface area contributed by atoms with Crippen molar-refractivity contribution < 1.29 is 18.4 Å². The molecular weight excluding hydrogens is 354 g/mol. The van der Waals surface area contributed by atoms with Crippen molar-refractivity contribution in [3.63, 3.8) is 0 Å². The molecule has 1 aromatic heterocycles. The van der Waals surface area contributed by atoms with Gasteiger partial charge in [-0.1, -0.05) is 0 Å². The lowest BCUT2D eigenvalue weighted by atomic mass is 10.1. The highest BCUT2D eigenvalue weighted by Gasteiger charge is 2.29. The van der Waals surface area contributed by atoms with Crippen LogP contribution in [0.2, 0.25) is 0 Å². The van der Waals surface area contributed by atoms with Gasteiger partial charge in [-0.05, 0) is 52.2 Å². The minimum absolute atomic E-state index is 0.122. The summed E-state index contributed by atoms with van der Waals surface area (Å²) < 4.78 is 28.2. The number of anilines is 1. The van der Waals surface area contributed by atoms with Gasteiger partial charge in [0, 0.05) is 23.8 Å². The van der Waals surface area contributed by atoms with Crippen LogP contribution in [0.3, 0.4) is 0 Å². The zero-order chi connectivity index (χ0) is 19.8. The quantitative estimate of drug-likeness (QED) is 0.863. The van der Waals surface area contributed by atoms with Crippen LogP contribution < -0.4 is 10.6 Å². The van der Waals surface area contributed by atoms with Gasteiger partial charge in [0.25, 0.3) is 11.8 Å². The molecule has 0 saturated heterocycles. The molecule has 8 heteroatoms. The highest BCUT2D eigenvalue weighted by atomic mass is 19.2. The third-order valence-corrected chi connectivity index (χ3v) is 4.20. The number of carbonyl (C=O) groups excluding carboxylic acids is 2. The van der Waals surface area contributed by atoms with Gasteiger partial charge in [0.1, 0.15) is 0 Å². The van der Waals surface area contributed by atoms with Crippen LogP contribution in [0.4, 0.5) is 14.5 Å². The number of benzene rings is 1. The molecule has 27 heavy (non-hydrogen) atoms. The predicted octanol–water partition coefficient (Wildman–Crippen LogP) is 3.28. The van der Waals surface area contributed by atoms with E-state index in [4.69, 9.17) is 0 Å². The van der Waals surface area contributed by atoms with Gasteiger partial charge in [-0.3, -0.25) is 9.59 Å². The molecule has 3 rings (SSSR count). The Bertz CT molecular complexity index is 900. The topological polar surface area (TPSA) is 76.0 Å². The highest BCUT2D eigenvalue weighted by molar-refractivity contribution is 6.05. The van der Waals surface area contributed by atoms with Gasteiger partial charge in [0.2, 0.25) is 0 Å². The average Bonchev–Trinajstić information content (AvgIpc) is 2.97. The van der Waals surface area contributed by atoms with E-state index in [-0.39, 0.29) is 23.1 Å². The van der Waals surface area contributed by atoms with E-state index >= 15 is 0 Å². The molecule has 144 valence electrons. The van der Waals surface area contributed by atoms with Gasteiger partial charge < -0.3 is 15.2 Å². The fourth-order valence-electron chi connectivity index (χ4n) is 3.06. The first-order chi connectivity index (χ1) is 12.7. The molecule has 2 amide bonds. The molecule has 1 aromatic carbocycles. The Hall–Kier alpha value is -2.77. The Morgan fingerprint density at radius 2 is 1.85 bits per heavy atom. The summed E-state index contributed by atoms with van der Waals surface area (Å²) in [5.74, 6) is -2.76. The van der Waals surface area contributed by atoms with E-state index in [1.807, 2.05) is 20.8 Å². The summed E-state index contributed by atoms with van der Waals surface area (Å²) in [5, 5.41) is 5.38. The first kappa shape index (κ1) is 19.0. The molecule has 0 spiro atoms. The number of nitrogens with one attached hydrogen (secondary N) is 2. The largest absolute Gasteiger partial charge is 0.345 e. The summed E-state index contributed by atoms with van der Waals surface area (Å²) in [6.07, 6.45) is 2.40. The van der Waals surface area contributed by atoms with Crippen LogP contribution in [0.25, 0.3) is 0 Å². The number of aromatic nitrogens is 2. The summed E-state index contributed by atoms with van der Waals surface area (Å²) in [7, 11) is 0. The zero-order valence-electron chi connectivity index (χ0n) is 15.5. The second kappa shape index (κ2) is 7.09. The van der Waals surface area contributed by atoms with Crippen molar-refractivity contribution in [1.82, 2.24) is 14.9 Å². The number of rotatable bonds is 3. The first-order valence-corrected chi connectivity index (χ1v) is 8.84. The Balaban J connectivity index is 1.91. The van der Waals surface area contributed by atoms with Crippen molar-refractivity contribution in [2.75, 3.05) is 5.32 Å². The van der Waals surface area contributed by atoms with Crippen LogP contribution in [0.5, 0.6) is 0 Å². The fraction of sp³-hybridized carbons (Fsp3) is 0.421. The first-order valence-electron chi connectivity index (χ1n) is 8.84. The molecule has 0 aliphatic carbocycles. The van der Waals surface area contributed by atoms with Crippen molar-refractivity contribution in [2.45, 2.75) is 52.1 Å². The molecule has 0 bridgehead atoms. The SMILES string of the molecule is CC(C)(C)NC(=O)c1nc(C(=O)Nc2ccc(F)c(F)c2)c2n1CCCC2. The predicted molar refractivity (Wildman–Crippen MR) is 96.7 cm³/mol. The van der Waals surface area contributed by atoms with E-state index < -0.39 is 23.1 Å². The van der Waals surface area contributed by atoms with Gasteiger partial charge >= 0.3 is 0 Å². The van der Waals surface area contributed by atoms with Crippen LogP contribution in [0.15, 0.2) is 18.2 Å². The molecule has 2 heterocycles. The molecule has 1 aliphatic rings. The number of halogens is 2. The third-order valence-electron chi connectivity index (χ3n) is 4.20. The lowest BCUT2D eigenvalue weighted by Gasteiger charge is -2.22. The van der Waals surface area contributed by atoms with Crippen molar-refractivity contribution in [1.29, 1.82) is 0 Å². The number of imidazole rings is 1. The minimum Gasteiger partial charge on any atom is -0.345 e. The normalized spacial score (nSPS) is 13.8. The van der Waals surface area contributed by atoms with Crippen LogP contribution in [-0.4, -0.2) is 26.9 Å². The third kappa shape index (κ3) is 4.15. The number of hydrogen-bond donors (Lipinski definition) is 2. The summed E-state index contributed by atoms with van der Waals surface area (Å²) in [6.45, 7) is 6.19. The minimum atomic E-state index is -1.05. The van der Waals surface area contributed by atoms with E-state index in [0.29, 0.717) is 18.7 Å². The van der Waals surface area contributed by atoms with Gasteiger partial charge in [0.05, 0.1) is 5.69 Å². The van der Waals surface area contributed by atoms with Crippen LogP contribution in [0, 0.1) is 11.6 Å². The molecule has 6 nitrogen and oxygen atoms in total. The molecule has 0 radical (unpaired) electrons. The highest BCUT2D eigenvalue weighted by Crippen LogP contribution is 2.23. The van der Waals surface area contributed by atoms with Crippen molar-refractivity contribution in [2.24, 2.45) is 0 Å². The summed E-state index contributed by atoms with van der Waals surface area (Å²) in [4.78, 5) is 29.5. The summed E-state index contributed by atoms with van der Waals surface area (Å²) in [5.41, 5.74) is 0.502. The monoisotopic (exact) mass is 376 g/mol. The lowest BCUT2D eigenvalue weighted by Crippen LogP contribution is -2.42. The van der Waals surface area contributed by atoms with Crippen molar-refractivity contribution in [3.05, 3.63) is 47.0 Å². The number of carbonyl (C=O) groups is 2. The second-order valence-corrected chi connectivity index (χ2v) is 7.63. The number of amides is 2.